The van der Waals surface area contributed by atoms with Gasteiger partial charge in [0.1, 0.15) is 6.29 Å². The van der Waals surface area contributed by atoms with Crippen LogP contribution in [0.25, 0.3) is 0 Å². The van der Waals surface area contributed by atoms with Crippen molar-refractivity contribution >= 4 is 5.91 Å². The number of carbonyl (C=O) groups excluding carboxylic acids is 1. The zero-order valence-corrected chi connectivity index (χ0v) is 20.3. The lowest BCUT2D eigenvalue weighted by molar-refractivity contribution is -0.127. The zero-order chi connectivity index (χ0) is 22.5. The normalized spacial score (nSPS) is 43.5. The third kappa shape index (κ3) is 6.42. The Balaban J connectivity index is 1.27. The summed E-state index contributed by atoms with van der Waals surface area (Å²) in [6, 6.07) is 1.65. The molecule has 1 amide bonds. The Bertz CT molecular complexity index is 607. The van der Waals surface area contributed by atoms with E-state index in [0.717, 1.165) is 71.1 Å². The quantitative estimate of drug-likeness (QED) is 0.351. The van der Waals surface area contributed by atoms with Crippen molar-refractivity contribution in [1.29, 1.82) is 0 Å². The second-order valence-corrected chi connectivity index (χ2v) is 10.8. The minimum absolute atomic E-state index is 0.108. The number of hydrogen-bond acceptors (Lipinski definition) is 7. The molecular weight excluding hydrogens is 404 g/mol. The maximum Gasteiger partial charge on any atom is 0.223 e. The Morgan fingerprint density at radius 2 is 1.81 bits per heavy atom. The van der Waals surface area contributed by atoms with Crippen molar-refractivity contribution in [3.63, 3.8) is 0 Å². The average Bonchev–Trinajstić information content (AvgIpc) is 2.81. The first kappa shape index (κ1) is 24.4. The molecule has 4 aliphatic rings. The molecule has 32 heavy (non-hydrogen) atoms. The van der Waals surface area contributed by atoms with E-state index in [4.69, 9.17) is 4.74 Å². The molecule has 0 bridgehead atoms. The standard InChI is InChI=1S/C24H46N6O2/c1-15-4-5-17(23(31)28-19-6-8-26-16(2)10-19)12-22(15)30-24-27-9-7-21(29-24)18-11-20(32-3)14-25-13-18/h15-22,24-27,29-30H,4-14H2,1-3H3,(H,28,31). The highest BCUT2D eigenvalue weighted by Gasteiger charge is 2.36. The molecule has 1 saturated carbocycles. The van der Waals surface area contributed by atoms with E-state index >= 15 is 0 Å². The van der Waals surface area contributed by atoms with Crippen LogP contribution in [0.15, 0.2) is 0 Å². The number of carbonyl (C=O) groups is 1. The van der Waals surface area contributed by atoms with Crippen molar-refractivity contribution in [1.82, 2.24) is 31.9 Å². The van der Waals surface area contributed by atoms with E-state index in [0.29, 0.717) is 42.1 Å². The SMILES string of the molecule is COC1CNCC(C2CCNC(NC3CC(C(=O)NC4CCNC(C)C4)CCC3C)N2)C1. The summed E-state index contributed by atoms with van der Waals surface area (Å²) in [7, 11) is 1.82. The Morgan fingerprint density at radius 3 is 2.62 bits per heavy atom. The minimum atomic E-state index is 0.108. The summed E-state index contributed by atoms with van der Waals surface area (Å²) in [6.07, 6.45) is 7.80. The van der Waals surface area contributed by atoms with Crippen LogP contribution in [0.2, 0.25) is 0 Å². The lowest BCUT2D eigenvalue weighted by Crippen LogP contribution is -2.66. The van der Waals surface area contributed by atoms with Crippen LogP contribution in [0.5, 0.6) is 0 Å². The van der Waals surface area contributed by atoms with Gasteiger partial charge in [0, 0.05) is 43.7 Å². The van der Waals surface area contributed by atoms with E-state index in [1.165, 1.54) is 0 Å². The number of amides is 1. The van der Waals surface area contributed by atoms with Gasteiger partial charge in [0.2, 0.25) is 5.91 Å². The molecule has 0 aromatic heterocycles. The van der Waals surface area contributed by atoms with Gasteiger partial charge in [0.25, 0.3) is 0 Å². The molecule has 4 rings (SSSR count). The van der Waals surface area contributed by atoms with Gasteiger partial charge in [0.15, 0.2) is 0 Å². The van der Waals surface area contributed by atoms with Gasteiger partial charge in [-0.1, -0.05) is 6.92 Å². The Morgan fingerprint density at radius 1 is 0.969 bits per heavy atom. The van der Waals surface area contributed by atoms with E-state index in [1.807, 2.05) is 7.11 Å². The van der Waals surface area contributed by atoms with E-state index in [1.54, 1.807) is 0 Å². The molecule has 0 radical (unpaired) electrons. The van der Waals surface area contributed by atoms with Crippen molar-refractivity contribution in [3.05, 3.63) is 0 Å². The van der Waals surface area contributed by atoms with Gasteiger partial charge in [0.05, 0.1) is 6.10 Å². The fraction of sp³-hybridized carbons (Fsp3) is 0.958. The van der Waals surface area contributed by atoms with Crippen molar-refractivity contribution in [3.8, 4) is 0 Å². The van der Waals surface area contributed by atoms with Crippen LogP contribution < -0.4 is 31.9 Å². The van der Waals surface area contributed by atoms with Gasteiger partial charge < -0.3 is 20.7 Å². The number of methoxy groups -OCH3 is 1. The molecule has 8 nitrogen and oxygen atoms in total. The van der Waals surface area contributed by atoms with Crippen LogP contribution in [0.3, 0.4) is 0 Å². The van der Waals surface area contributed by atoms with E-state index in [9.17, 15) is 4.79 Å². The molecule has 0 aromatic carbocycles. The molecule has 9 unspecified atom stereocenters. The second-order valence-electron chi connectivity index (χ2n) is 10.8. The van der Waals surface area contributed by atoms with Crippen LogP contribution in [-0.4, -0.2) is 75.8 Å². The summed E-state index contributed by atoms with van der Waals surface area (Å²) in [5, 5.41) is 21.6. The summed E-state index contributed by atoms with van der Waals surface area (Å²) < 4.78 is 5.61. The largest absolute Gasteiger partial charge is 0.380 e. The first-order chi connectivity index (χ1) is 15.5. The molecule has 3 heterocycles. The molecule has 3 saturated heterocycles. The first-order valence-electron chi connectivity index (χ1n) is 13.0. The summed E-state index contributed by atoms with van der Waals surface area (Å²) >= 11 is 0. The summed E-state index contributed by atoms with van der Waals surface area (Å²) in [5.41, 5.74) is 0. The molecule has 9 atom stereocenters. The molecule has 3 aliphatic heterocycles. The van der Waals surface area contributed by atoms with E-state index in [-0.39, 0.29) is 18.1 Å². The average molecular weight is 451 g/mol. The molecule has 0 aromatic rings. The van der Waals surface area contributed by atoms with Crippen LogP contribution in [0, 0.1) is 17.8 Å². The first-order valence-corrected chi connectivity index (χ1v) is 13.0. The van der Waals surface area contributed by atoms with Gasteiger partial charge in [-0.3, -0.25) is 20.7 Å². The summed E-state index contributed by atoms with van der Waals surface area (Å²) in [5.74, 6) is 1.56. The van der Waals surface area contributed by atoms with Gasteiger partial charge in [-0.25, -0.2) is 0 Å². The van der Waals surface area contributed by atoms with Gasteiger partial charge in [-0.15, -0.1) is 0 Å². The predicted octanol–water partition coefficient (Wildman–Crippen LogP) is 0.497. The zero-order valence-electron chi connectivity index (χ0n) is 20.3. The van der Waals surface area contributed by atoms with Crippen LogP contribution in [-0.2, 0) is 9.53 Å². The minimum Gasteiger partial charge on any atom is -0.380 e. The molecule has 6 N–H and O–H groups in total. The topological polar surface area (TPSA) is 98.5 Å². The van der Waals surface area contributed by atoms with Crippen molar-refractivity contribution in [2.24, 2.45) is 17.8 Å². The number of ether oxygens (including phenoxy) is 1. The highest BCUT2D eigenvalue weighted by atomic mass is 16.5. The maximum absolute atomic E-state index is 13.0. The Labute approximate surface area is 194 Å². The number of rotatable bonds is 6. The summed E-state index contributed by atoms with van der Waals surface area (Å²) in [4.78, 5) is 13.0. The molecule has 184 valence electrons. The van der Waals surface area contributed by atoms with Gasteiger partial charge in [-0.05, 0) is 83.3 Å². The fourth-order valence-corrected chi connectivity index (χ4v) is 6.23. The molecule has 4 fully saturated rings. The highest BCUT2D eigenvalue weighted by Crippen LogP contribution is 2.30. The lowest BCUT2D eigenvalue weighted by atomic mass is 9.78. The van der Waals surface area contributed by atoms with E-state index < -0.39 is 0 Å². The number of piperidine rings is 2. The van der Waals surface area contributed by atoms with E-state index in [2.05, 4.69) is 45.7 Å². The predicted molar refractivity (Wildman–Crippen MR) is 127 cm³/mol. The maximum atomic E-state index is 13.0. The van der Waals surface area contributed by atoms with Gasteiger partial charge in [-0.2, -0.15) is 0 Å². The second kappa shape index (κ2) is 11.6. The molecular formula is C24H46N6O2. The number of hydrogen-bond donors (Lipinski definition) is 6. The highest BCUT2D eigenvalue weighted by molar-refractivity contribution is 5.79. The molecule has 0 spiro atoms. The van der Waals surface area contributed by atoms with Gasteiger partial charge >= 0.3 is 0 Å². The van der Waals surface area contributed by atoms with Crippen molar-refractivity contribution in [2.75, 3.05) is 33.3 Å². The Hall–Kier alpha value is -0.770. The Kier molecular flexibility index (Phi) is 8.81. The number of nitrogens with one attached hydrogen (secondary N) is 6. The summed E-state index contributed by atoms with van der Waals surface area (Å²) in [6.45, 7) is 8.56. The van der Waals surface area contributed by atoms with Crippen molar-refractivity contribution < 1.29 is 9.53 Å². The third-order valence-electron chi connectivity index (χ3n) is 8.35. The monoisotopic (exact) mass is 450 g/mol. The fourth-order valence-electron chi connectivity index (χ4n) is 6.23. The third-order valence-corrected chi connectivity index (χ3v) is 8.35. The van der Waals surface area contributed by atoms with Crippen molar-refractivity contribution in [2.45, 2.75) is 95.4 Å². The lowest BCUT2D eigenvalue weighted by Gasteiger charge is -2.43. The van der Waals surface area contributed by atoms with Crippen LogP contribution >= 0.6 is 0 Å². The molecule has 8 heteroatoms. The smallest absolute Gasteiger partial charge is 0.223 e. The molecule has 1 aliphatic carbocycles. The van der Waals surface area contributed by atoms with Crippen LogP contribution in [0.4, 0.5) is 0 Å². The van der Waals surface area contributed by atoms with Crippen LogP contribution in [0.1, 0.15) is 58.8 Å².